The summed E-state index contributed by atoms with van der Waals surface area (Å²) in [4.78, 5) is 26.0. The molecule has 2 heterocycles. The molecule has 136 valence electrons. The lowest BCUT2D eigenvalue weighted by molar-refractivity contribution is -0.117. The van der Waals surface area contributed by atoms with Crippen LogP contribution in [0.2, 0.25) is 0 Å². The van der Waals surface area contributed by atoms with Crippen molar-refractivity contribution >= 4 is 17.6 Å². The molecule has 0 bridgehead atoms. The second-order valence-electron chi connectivity index (χ2n) is 6.21. The predicted molar refractivity (Wildman–Crippen MR) is 91.2 cm³/mol. The van der Waals surface area contributed by atoms with Gasteiger partial charge in [-0.2, -0.15) is 0 Å². The van der Waals surface area contributed by atoms with Crippen molar-refractivity contribution in [2.45, 2.75) is 25.4 Å². The zero-order valence-electron chi connectivity index (χ0n) is 14.4. The monoisotopic (exact) mass is 349 g/mol. The van der Waals surface area contributed by atoms with Crippen molar-refractivity contribution in [1.82, 2.24) is 10.6 Å². The van der Waals surface area contributed by atoms with Gasteiger partial charge in [0.05, 0.1) is 18.7 Å². The molecule has 2 aliphatic heterocycles. The molecule has 25 heavy (non-hydrogen) atoms. The molecule has 0 aliphatic carbocycles. The average molecular weight is 349 g/mol. The minimum atomic E-state index is -0.300. The lowest BCUT2D eigenvalue weighted by atomic mass is 10.2. The third-order valence-corrected chi connectivity index (χ3v) is 4.09. The molecule has 2 aliphatic rings. The van der Waals surface area contributed by atoms with Gasteiger partial charge in [-0.3, -0.25) is 4.79 Å². The molecule has 0 spiro atoms. The minimum absolute atomic E-state index is 0.0353. The SMILES string of the molecule is COC[C@@H](C)NC(=O)N[C@@H]1CC(=O)N(c2ccc3c(c2)OCCO3)C1. The van der Waals surface area contributed by atoms with E-state index in [1.807, 2.05) is 13.0 Å². The maximum atomic E-state index is 12.3. The molecule has 0 aromatic heterocycles. The zero-order valence-corrected chi connectivity index (χ0v) is 14.4. The number of benzene rings is 1. The highest BCUT2D eigenvalue weighted by molar-refractivity contribution is 5.97. The summed E-state index contributed by atoms with van der Waals surface area (Å²) in [6, 6.07) is 4.79. The van der Waals surface area contributed by atoms with Crippen LogP contribution in [0.4, 0.5) is 10.5 Å². The van der Waals surface area contributed by atoms with Crippen molar-refractivity contribution < 1.29 is 23.8 Å². The third kappa shape index (κ3) is 4.14. The van der Waals surface area contributed by atoms with E-state index in [4.69, 9.17) is 14.2 Å². The molecule has 1 fully saturated rings. The summed E-state index contributed by atoms with van der Waals surface area (Å²) >= 11 is 0. The fourth-order valence-corrected chi connectivity index (χ4v) is 3.00. The van der Waals surface area contributed by atoms with Gasteiger partial charge in [-0.25, -0.2) is 4.79 Å². The number of rotatable bonds is 5. The van der Waals surface area contributed by atoms with Crippen molar-refractivity contribution in [3.05, 3.63) is 18.2 Å². The van der Waals surface area contributed by atoms with E-state index in [9.17, 15) is 9.59 Å². The van der Waals surface area contributed by atoms with Crippen LogP contribution in [-0.4, -0.2) is 57.5 Å². The van der Waals surface area contributed by atoms with E-state index in [2.05, 4.69) is 10.6 Å². The standard InChI is InChI=1S/C17H23N3O5/c1-11(10-23-2)18-17(22)19-12-7-16(21)20(9-12)13-3-4-14-15(8-13)25-6-5-24-14/h3-4,8,11-12H,5-7,9-10H2,1-2H3,(H2,18,19,22)/t11-,12-/m1/s1. The molecular weight excluding hydrogens is 326 g/mol. The normalized spacial score (nSPS) is 20.3. The van der Waals surface area contributed by atoms with Crippen LogP contribution in [0.15, 0.2) is 18.2 Å². The Morgan fingerprint density at radius 1 is 1.36 bits per heavy atom. The first-order valence-electron chi connectivity index (χ1n) is 8.33. The second-order valence-corrected chi connectivity index (χ2v) is 6.21. The molecule has 3 amide bonds. The Balaban J connectivity index is 1.60. The van der Waals surface area contributed by atoms with Crippen LogP contribution >= 0.6 is 0 Å². The number of nitrogens with one attached hydrogen (secondary N) is 2. The first kappa shape index (κ1) is 17.3. The Labute approximate surface area is 146 Å². The molecule has 0 unspecified atom stereocenters. The lowest BCUT2D eigenvalue weighted by Gasteiger charge is -2.22. The number of methoxy groups -OCH3 is 1. The molecule has 8 heteroatoms. The van der Waals surface area contributed by atoms with Gasteiger partial charge in [0.15, 0.2) is 11.5 Å². The second kappa shape index (κ2) is 7.60. The van der Waals surface area contributed by atoms with Gasteiger partial charge < -0.3 is 29.7 Å². The Morgan fingerprint density at radius 3 is 2.88 bits per heavy atom. The van der Waals surface area contributed by atoms with Gasteiger partial charge in [-0.05, 0) is 19.1 Å². The Morgan fingerprint density at radius 2 is 2.12 bits per heavy atom. The maximum Gasteiger partial charge on any atom is 0.315 e. The Bertz CT molecular complexity index is 651. The van der Waals surface area contributed by atoms with Gasteiger partial charge in [-0.15, -0.1) is 0 Å². The molecular formula is C17H23N3O5. The van der Waals surface area contributed by atoms with E-state index in [0.29, 0.717) is 37.9 Å². The van der Waals surface area contributed by atoms with E-state index in [1.165, 1.54) is 0 Å². The zero-order chi connectivity index (χ0) is 17.8. The summed E-state index contributed by atoms with van der Waals surface area (Å²) in [5.41, 5.74) is 0.742. The van der Waals surface area contributed by atoms with Gasteiger partial charge in [0.1, 0.15) is 13.2 Å². The highest BCUT2D eigenvalue weighted by Gasteiger charge is 2.32. The highest BCUT2D eigenvalue weighted by Crippen LogP contribution is 2.35. The van der Waals surface area contributed by atoms with Crippen LogP contribution in [0.25, 0.3) is 0 Å². The third-order valence-electron chi connectivity index (χ3n) is 4.09. The van der Waals surface area contributed by atoms with Crippen LogP contribution in [0.3, 0.4) is 0 Å². The van der Waals surface area contributed by atoms with Crippen molar-refractivity contribution in [3.8, 4) is 11.5 Å². The first-order valence-corrected chi connectivity index (χ1v) is 8.33. The molecule has 3 rings (SSSR count). The molecule has 2 atom stereocenters. The van der Waals surface area contributed by atoms with Crippen LogP contribution in [-0.2, 0) is 9.53 Å². The van der Waals surface area contributed by atoms with E-state index < -0.39 is 0 Å². The van der Waals surface area contributed by atoms with Gasteiger partial charge in [0.2, 0.25) is 5.91 Å². The number of carbonyl (C=O) groups is 2. The summed E-state index contributed by atoms with van der Waals surface area (Å²) in [6.45, 7) is 3.72. The molecule has 8 nitrogen and oxygen atoms in total. The summed E-state index contributed by atoms with van der Waals surface area (Å²) in [5.74, 6) is 1.29. The van der Waals surface area contributed by atoms with Crippen molar-refractivity contribution in [2.75, 3.05) is 38.4 Å². The fourth-order valence-electron chi connectivity index (χ4n) is 3.00. The van der Waals surface area contributed by atoms with Crippen LogP contribution < -0.4 is 25.0 Å². The number of hydrogen-bond acceptors (Lipinski definition) is 5. The van der Waals surface area contributed by atoms with Gasteiger partial charge >= 0.3 is 6.03 Å². The van der Waals surface area contributed by atoms with Crippen LogP contribution in [0.5, 0.6) is 11.5 Å². The van der Waals surface area contributed by atoms with Crippen molar-refractivity contribution in [2.24, 2.45) is 0 Å². The van der Waals surface area contributed by atoms with Crippen molar-refractivity contribution in [1.29, 1.82) is 0 Å². The number of hydrogen-bond donors (Lipinski definition) is 2. The van der Waals surface area contributed by atoms with Gasteiger partial charge in [-0.1, -0.05) is 0 Å². The average Bonchev–Trinajstić information content (AvgIpc) is 2.94. The quantitative estimate of drug-likeness (QED) is 0.824. The molecule has 0 radical (unpaired) electrons. The van der Waals surface area contributed by atoms with Gasteiger partial charge in [0.25, 0.3) is 0 Å². The Kier molecular flexibility index (Phi) is 5.28. The van der Waals surface area contributed by atoms with Crippen LogP contribution in [0, 0.1) is 0 Å². The minimum Gasteiger partial charge on any atom is -0.486 e. The molecule has 1 saturated heterocycles. The number of fused-ring (bicyclic) bond motifs is 1. The molecule has 0 saturated carbocycles. The number of amides is 3. The van der Waals surface area contributed by atoms with E-state index in [0.717, 1.165) is 5.69 Å². The summed E-state index contributed by atoms with van der Waals surface area (Å²) in [6.07, 6.45) is 0.264. The summed E-state index contributed by atoms with van der Waals surface area (Å²) in [7, 11) is 1.58. The first-order chi connectivity index (χ1) is 12.1. The number of carbonyl (C=O) groups excluding carboxylic acids is 2. The largest absolute Gasteiger partial charge is 0.486 e. The summed E-state index contributed by atoms with van der Waals surface area (Å²) < 4.78 is 16.0. The predicted octanol–water partition coefficient (Wildman–Crippen LogP) is 0.897. The van der Waals surface area contributed by atoms with Crippen molar-refractivity contribution in [3.63, 3.8) is 0 Å². The topological polar surface area (TPSA) is 89.1 Å². The van der Waals surface area contributed by atoms with Crippen LogP contribution in [0.1, 0.15) is 13.3 Å². The van der Waals surface area contributed by atoms with Gasteiger partial charge in [0, 0.05) is 31.8 Å². The van der Waals surface area contributed by atoms with E-state index >= 15 is 0 Å². The molecule has 1 aromatic rings. The Hall–Kier alpha value is -2.48. The maximum absolute atomic E-state index is 12.3. The number of ether oxygens (including phenoxy) is 3. The van der Waals surface area contributed by atoms with E-state index in [1.54, 1.807) is 24.1 Å². The van der Waals surface area contributed by atoms with E-state index in [-0.39, 0.29) is 30.4 Å². The number of anilines is 1. The summed E-state index contributed by atoms with van der Waals surface area (Å²) in [5, 5.41) is 5.61. The molecule has 2 N–H and O–H groups in total. The number of urea groups is 1. The number of nitrogens with zero attached hydrogens (tertiary/aromatic N) is 1. The lowest BCUT2D eigenvalue weighted by Crippen LogP contribution is -2.47. The highest BCUT2D eigenvalue weighted by atomic mass is 16.6. The molecule has 1 aromatic carbocycles. The smallest absolute Gasteiger partial charge is 0.315 e. The fraction of sp³-hybridized carbons (Fsp3) is 0.529.